The zero-order valence-electron chi connectivity index (χ0n) is 10.6. The molecular weight excluding hydrogens is 180 g/mol. The Morgan fingerprint density at radius 2 is 1.87 bits per heavy atom. The van der Waals surface area contributed by atoms with Gasteiger partial charge in [0.2, 0.25) is 0 Å². The van der Waals surface area contributed by atoms with E-state index in [1.54, 1.807) is 0 Å². The first-order valence-corrected chi connectivity index (χ1v) is 6.33. The summed E-state index contributed by atoms with van der Waals surface area (Å²) in [6, 6.07) is 0. The number of rotatable bonds is 4. The van der Waals surface area contributed by atoms with Gasteiger partial charge in [0.05, 0.1) is 0 Å². The SMILES string of the molecule is CCC.CCC/C=C\CC1C=CC=CC1. The largest absolute Gasteiger partial charge is 0.0885 e. The molecule has 1 aliphatic carbocycles. The monoisotopic (exact) mass is 206 g/mol. The minimum atomic E-state index is 0.753. The van der Waals surface area contributed by atoms with Crippen LogP contribution in [-0.4, -0.2) is 0 Å². The van der Waals surface area contributed by atoms with E-state index in [4.69, 9.17) is 0 Å². The molecule has 86 valence electrons. The Balaban J connectivity index is 0.000000583. The van der Waals surface area contributed by atoms with Crippen molar-refractivity contribution in [2.24, 2.45) is 5.92 Å². The van der Waals surface area contributed by atoms with Gasteiger partial charge in [-0.05, 0) is 25.2 Å². The minimum Gasteiger partial charge on any atom is -0.0885 e. The van der Waals surface area contributed by atoms with Gasteiger partial charge in [0.1, 0.15) is 0 Å². The van der Waals surface area contributed by atoms with Crippen molar-refractivity contribution in [2.75, 3.05) is 0 Å². The van der Waals surface area contributed by atoms with Crippen LogP contribution < -0.4 is 0 Å². The van der Waals surface area contributed by atoms with Crippen molar-refractivity contribution in [2.45, 2.75) is 52.9 Å². The molecule has 0 heteroatoms. The normalized spacial score (nSPS) is 19.0. The Bertz CT molecular complexity index is 196. The molecule has 0 nitrogen and oxygen atoms in total. The minimum absolute atomic E-state index is 0.753. The highest BCUT2D eigenvalue weighted by Crippen LogP contribution is 2.15. The lowest BCUT2D eigenvalue weighted by Gasteiger charge is -2.08. The average Bonchev–Trinajstić information content (AvgIpc) is 2.27. The second-order valence-corrected chi connectivity index (χ2v) is 4.01. The first-order valence-electron chi connectivity index (χ1n) is 6.33. The van der Waals surface area contributed by atoms with Crippen LogP contribution in [-0.2, 0) is 0 Å². The maximum Gasteiger partial charge on any atom is -0.0161 e. The average molecular weight is 206 g/mol. The number of hydrogen-bond acceptors (Lipinski definition) is 0. The van der Waals surface area contributed by atoms with E-state index < -0.39 is 0 Å². The van der Waals surface area contributed by atoms with Crippen molar-refractivity contribution >= 4 is 0 Å². The van der Waals surface area contributed by atoms with E-state index in [0.29, 0.717) is 0 Å². The van der Waals surface area contributed by atoms with E-state index in [-0.39, 0.29) is 0 Å². The quantitative estimate of drug-likeness (QED) is 0.549. The third kappa shape index (κ3) is 9.52. The van der Waals surface area contributed by atoms with Crippen molar-refractivity contribution in [3.8, 4) is 0 Å². The molecule has 0 saturated carbocycles. The summed E-state index contributed by atoms with van der Waals surface area (Å²) in [5.74, 6) is 0.753. The lowest BCUT2D eigenvalue weighted by Crippen LogP contribution is -1.94. The summed E-state index contributed by atoms with van der Waals surface area (Å²) in [6.07, 6.45) is 19.6. The first kappa shape index (κ1) is 14.2. The fraction of sp³-hybridized carbons (Fsp3) is 0.600. The number of hydrogen-bond donors (Lipinski definition) is 0. The van der Waals surface area contributed by atoms with E-state index in [0.717, 1.165) is 5.92 Å². The second kappa shape index (κ2) is 11.3. The van der Waals surface area contributed by atoms with Gasteiger partial charge in [-0.2, -0.15) is 0 Å². The van der Waals surface area contributed by atoms with E-state index >= 15 is 0 Å². The standard InChI is InChI=1S/C12H18.C3H8/c1-2-3-4-6-9-12-10-7-5-8-11-12;1-3-2/h4-8,10,12H,2-3,9,11H2,1H3;3H2,1-2H3/b6-4-;. The third-order valence-corrected chi connectivity index (χ3v) is 2.13. The lowest BCUT2D eigenvalue weighted by atomic mass is 9.97. The topological polar surface area (TPSA) is 0 Å². The molecule has 1 atom stereocenters. The molecule has 0 amide bonds. The van der Waals surface area contributed by atoms with Crippen molar-refractivity contribution in [3.05, 3.63) is 36.5 Å². The van der Waals surface area contributed by atoms with Crippen molar-refractivity contribution < 1.29 is 0 Å². The number of unbranched alkanes of at least 4 members (excludes halogenated alkanes) is 1. The van der Waals surface area contributed by atoms with Crippen LogP contribution in [0.3, 0.4) is 0 Å². The number of allylic oxidation sites excluding steroid dienone is 6. The summed E-state index contributed by atoms with van der Waals surface area (Å²) in [6.45, 7) is 6.47. The van der Waals surface area contributed by atoms with Gasteiger partial charge in [-0.1, -0.05) is 70.1 Å². The Morgan fingerprint density at radius 1 is 1.13 bits per heavy atom. The molecule has 0 aromatic rings. The van der Waals surface area contributed by atoms with Crippen molar-refractivity contribution in [3.63, 3.8) is 0 Å². The van der Waals surface area contributed by atoms with Crippen LogP contribution in [0.4, 0.5) is 0 Å². The molecule has 15 heavy (non-hydrogen) atoms. The summed E-state index contributed by atoms with van der Waals surface area (Å²) in [7, 11) is 0. The molecule has 1 rings (SSSR count). The maximum absolute atomic E-state index is 2.32. The van der Waals surface area contributed by atoms with Crippen LogP contribution in [0, 0.1) is 5.92 Å². The fourth-order valence-corrected chi connectivity index (χ4v) is 1.36. The van der Waals surface area contributed by atoms with Gasteiger partial charge in [-0.15, -0.1) is 0 Å². The summed E-state index contributed by atoms with van der Waals surface area (Å²) in [5, 5.41) is 0. The highest BCUT2D eigenvalue weighted by Gasteiger charge is 2.01. The molecule has 0 radical (unpaired) electrons. The van der Waals surface area contributed by atoms with E-state index in [9.17, 15) is 0 Å². The van der Waals surface area contributed by atoms with E-state index in [1.807, 2.05) is 0 Å². The summed E-state index contributed by atoms with van der Waals surface area (Å²) in [5.41, 5.74) is 0. The molecule has 0 aromatic carbocycles. The van der Waals surface area contributed by atoms with Crippen molar-refractivity contribution in [1.82, 2.24) is 0 Å². The smallest absolute Gasteiger partial charge is 0.0161 e. The fourth-order valence-electron chi connectivity index (χ4n) is 1.36. The summed E-state index contributed by atoms with van der Waals surface area (Å²) >= 11 is 0. The van der Waals surface area contributed by atoms with Crippen LogP contribution in [0.2, 0.25) is 0 Å². The van der Waals surface area contributed by atoms with E-state index in [2.05, 4.69) is 57.2 Å². The maximum atomic E-state index is 2.32. The second-order valence-electron chi connectivity index (χ2n) is 4.01. The van der Waals surface area contributed by atoms with Crippen molar-refractivity contribution in [1.29, 1.82) is 0 Å². The molecule has 1 aliphatic rings. The van der Waals surface area contributed by atoms with Gasteiger partial charge in [0.25, 0.3) is 0 Å². The van der Waals surface area contributed by atoms with Gasteiger partial charge in [-0.25, -0.2) is 0 Å². The molecule has 0 spiro atoms. The molecule has 0 heterocycles. The lowest BCUT2D eigenvalue weighted by molar-refractivity contribution is 0.667. The summed E-state index contributed by atoms with van der Waals surface area (Å²) in [4.78, 5) is 0. The highest BCUT2D eigenvalue weighted by atomic mass is 14.1. The molecule has 0 fully saturated rings. The Labute approximate surface area is 95.8 Å². The predicted octanol–water partition coefficient (Wildman–Crippen LogP) is 5.28. The molecular formula is C15H26. The van der Waals surface area contributed by atoms with Gasteiger partial charge >= 0.3 is 0 Å². The molecule has 0 bridgehead atoms. The Morgan fingerprint density at radius 3 is 2.40 bits per heavy atom. The molecule has 0 aromatic heterocycles. The molecule has 0 saturated heterocycles. The highest BCUT2D eigenvalue weighted by molar-refractivity contribution is 5.11. The Hall–Kier alpha value is -0.780. The first-order chi connectivity index (χ1) is 7.35. The van der Waals surface area contributed by atoms with Crippen LogP contribution in [0.5, 0.6) is 0 Å². The zero-order valence-corrected chi connectivity index (χ0v) is 10.6. The molecule has 0 N–H and O–H groups in total. The van der Waals surface area contributed by atoms with Crippen LogP contribution in [0.15, 0.2) is 36.5 Å². The van der Waals surface area contributed by atoms with Gasteiger partial charge in [0, 0.05) is 0 Å². The zero-order chi connectivity index (χ0) is 11.4. The van der Waals surface area contributed by atoms with Crippen LogP contribution in [0.1, 0.15) is 52.9 Å². The van der Waals surface area contributed by atoms with Gasteiger partial charge < -0.3 is 0 Å². The van der Waals surface area contributed by atoms with E-state index in [1.165, 1.54) is 32.1 Å². The van der Waals surface area contributed by atoms with Gasteiger partial charge in [-0.3, -0.25) is 0 Å². The Kier molecular flexibility index (Phi) is 10.7. The summed E-state index contributed by atoms with van der Waals surface area (Å²) < 4.78 is 0. The van der Waals surface area contributed by atoms with Crippen LogP contribution in [0.25, 0.3) is 0 Å². The third-order valence-electron chi connectivity index (χ3n) is 2.13. The molecule has 1 unspecified atom stereocenters. The van der Waals surface area contributed by atoms with Crippen LogP contribution >= 0.6 is 0 Å². The predicted molar refractivity (Wildman–Crippen MR) is 71.0 cm³/mol. The van der Waals surface area contributed by atoms with Gasteiger partial charge in [0.15, 0.2) is 0 Å². The molecule has 0 aliphatic heterocycles.